The molecule has 0 aliphatic rings. The van der Waals surface area contributed by atoms with Crippen molar-refractivity contribution in [2.24, 2.45) is 0 Å². The summed E-state index contributed by atoms with van der Waals surface area (Å²) < 4.78 is 40.4. The first-order valence-corrected chi connectivity index (χ1v) is 5.39. The smallest absolute Gasteiger partial charge is 0.336 e. The average molecular weight is 266 g/mol. The Morgan fingerprint density at radius 1 is 1.00 bits per heavy atom. The Labute approximate surface area is 107 Å². The molecule has 2 nitrogen and oxygen atoms in total. The standard InChI is InChI=1S/C14H9F3O2/c1-7-2-4-10(13(17)12(7)16)9-5-3-8(15)6-11(9)14(18)19/h2-6H,1H3,(H,18,19). The van der Waals surface area contributed by atoms with Crippen LogP contribution < -0.4 is 0 Å². The van der Waals surface area contributed by atoms with Gasteiger partial charge in [0.05, 0.1) is 5.56 Å². The zero-order valence-corrected chi connectivity index (χ0v) is 9.88. The SMILES string of the molecule is Cc1ccc(-c2ccc(F)cc2C(=O)O)c(F)c1F. The van der Waals surface area contributed by atoms with E-state index in [9.17, 15) is 18.0 Å². The van der Waals surface area contributed by atoms with Crippen LogP contribution in [0.2, 0.25) is 0 Å². The van der Waals surface area contributed by atoms with Crippen LogP contribution in [0.1, 0.15) is 15.9 Å². The van der Waals surface area contributed by atoms with Crippen molar-refractivity contribution in [1.29, 1.82) is 0 Å². The summed E-state index contributed by atoms with van der Waals surface area (Å²) in [5.41, 5.74) is -0.576. The molecule has 0 aliphatic carbocycles. The summed E-state index contributed by atoms with van der Waals surface area (Å²) in [7, 11) is 0. The highest BCUT2D eigenvalue weighted by atomic mass is 19.2. The van der Waals surface area contributed by atoms with Crippen LogP contribution in [-0.2, 0) is 0 Å². The molecule has 0 aliphatic heterocycles. The number of carboxylic acids is 1. The van der Waals surface area contributed by atoms with E-state index in [0.29, 0.717) is 0 Å². The Morgan fingerprint density at radius 2 is 1.63 bits per heavy atom. The van der Waals surface area contributed by atoms with Gasteiger partial charge >= 0.3 is 5.97 Å². The van der Waals surface area contributed by atoms with Crippen LogP contribution in [0.25, 0.3) is 11.1 Å². The van der Waals surface area contributed by atoms with Crippen molar-refractivity contribution < 1.29 is 23.1 Å². The van der Waals surface area contributed by atoms with E-state index in [2.05, 4.69) is 0 Å². The second-order valence-electron chi connectivity index (χ2n) is 4.05. The maximum absolute atomic E-state index is 13.8. The molecular formula is C14H9F3O2. The first-order valence-electron chi connectivity index (χ1n) is 5.39. The van der Waals surface area contributed by atoms with Gasteiger partial charge in [-0.15, -0.1) is 0 Å². The molecule has 1 N–H and O–H groups in total. The van der Waals surface area contributed by atoms with E-state index < -0.39 is 29.0 Å². The van der Waals surface area contributed by atoms with Gasteiger partial charge in [-0.05, 0) is 30.2 Å². The Morgan fingerprint density at radius 3 is 2.26 bits per heavy atom. The van der Waals surface area contributed by atoms with Crippen LogP contribution in [0.3, 0.4) is 0 Å². The Balaban J connectivity index is 2.72. The normalized spacial score (nSPS) is 10.5. The molecule has 0 saturated carbocycles. The third-order valence-corrected chi connectivity index (χ3v) is 2.78. The summed E-state index contributed by atoms with van der Waals surface area (Å²) >= 11 is 0. The third kappa shape index (κ3) is 2.31. The van der Waals surface area contributed by atoms with Crippen LogP contribution in [0.5, 0.6) is 0 Å². The first kappa shape index (κ1) is 13.1. The highest BCUT2D eigenvalue weighted by Crippen LogP contribution is 2.29. The molecular weight excluding hydrogens is 257 g/mol. The highest BCUT2D eigenvalue weighted by molar-refractivity contribution is 5.96. The van der Waals surface area contributed by atoms with Crippen LogP contribution in [-0.4, -0.2) is 11.1 Å². The molecule has 0 spiro atoms. The molecule has 0 aromatic heterocycles. The van der Waals surface area contributed by atoms with E-state index in [1.807, 2.05) is 0 Å². The molecule has 0 radical (unpaired) electrons. The van der Waals surface area contributed by atoms with Crippen LogP contribution in [0.15, 0.2) is 30.3 Å². The van der Waals surface area contributed by atoms with Crippen molar-refractivity contribution in [3.8, 4) is 11.1 Å². The van der Waals surface area contributed by atoms with Gasteiger partial charge in [0.15, 0.2) is 11.6 Å². The second-order valence-corrected chi connectivity index (χ2v) is 4.05. The largest absolute Gasteiger partial charge is 0.478 e. The number of halogens is 3. The third-order valence-electron chi connectivity index (χ3n) is 2.78. The molecule has 5 heteroatoms. The Kier molecular flexibility index (Phi) is 3.29. The minimum Gasteiger partial charge on any atom is -0.478 e. The van der Waals surface area contributed by atoms with Crippen molar-refractivity contribution >= 4 is 5.97 Å². The Hall–Kier alpha value is -2.30. The molecule has 19 heavy (non-hydrogen) atoms. The molecule has 2 rings (SSSR count). The predicted molar refractivity (Wildman–Crippen MR) is 63.4 cm³/mol. The van der Waals surface area contributed by atoms with Crippen LogP contribution >= 0.6 is 0 Å². The number of hydrogen-bond acceptors (Lipinski definition) is 1. The van der Waals surface area contributed by atoms with Gasteiger partial charge in [0.25, 0.3) is 0 Å². The average Bonchev–Trinajstić information content (AvgIpc) is 2.37. The summed E-state index contributed by atoms with van der Waals surface area (Å²) in [5, 5.41) is 8.98. The number of aromatic carboxylic acids is 1. The maximum Gasteiger partial charge on any atom is 0.336 e. The zero-order valence-electron chi connectivity index (χ0n) is 9.88. The molecule has 0 saturated heterocycles. The number of hydrogen-bond donors (Lipinski definition) is 1. The van der Waals surface area contributed by atoms with Gasteiger partial charge in [-0.2, -0.15) is 0 Å². The molecule has 0 fully saturated rings. The molecule has 0 atom stereocenters. The number of benzene rings is 2. The van der Waals surface area contributed by atoms with E-state index in [-0.39, 0.29) is 16.7 Å². The molecule has 98 valence electrons. The van der Waals surface area contributed by atoms with Crippen molar-refractivity contribution in [3.05, 3.63) is 58.9 Å². The second kappa shape index (κ2) is 4.76. The van der Waals surface area contributed by atoms with E-state index in [1.54, 1.807) is 0 Å². The Bertz CT molecular complexity index is 666. The van der Waals surface area contributed by atoms with E-state index in [0.717, 1.165) is 18.2 Å². The minimum atomic E-state index is -1.41. The summed E-state index contributed by atoms with van der Waals surface area (Å²) in [5.74, 6) is -4.35. The number of aryl methyl sites for hydroxylation is 1. The van der Waals surface area contributed by atoms with E-state index in [1.165, 1.54) is 19.1 Å². The van der Waals surface area contributed by atoms with Gasteiger partial charge in [-0.3, -0.25) is 0 Å². The zero-order chi connectivity index (χ0) is 14.2. The maximum atomic E-state index is 13.8. The van der Waals surface area contributed by atoms with Gasteiger partial charge < -0.3 is 5.11 Å². The molecule has 0 unspecified atom stereocenters. The topological polar surface area (TPSA) is 37.3 Å². The number of carbonyl (C=O) groups is 1. The monoisotopic (exact) mass is 266 g/mol. The van der Waals surface area contributed by atoms with Crippen molar-refractivity contribution in [2.45, 2.75) is 6.92 Å². The van der Waals surface area contributed by atoms with Crippen molar-refractivity contribution in [1.82, 2.24) is 0 Å². The van der Waals surface area contributed by atoms with Crippen LogP contribution in [0, 0.1) is 24.4 Å². The summed E-state index contributed by atoms with van der Waals surface area (Å²) in [4.78, 5) is 11.0. The summed E-state index contributed by atoms with van der Waals surface area (Å²) in [6.45, 7) is 1.39. The number of rotatable bonds is 2. The van der Waals surface area contributed by atoms with E-state index >= 15 is 0 Å². The van der Waals surface area contributed by atoms with Gasteiger partial charge in [-0.1, -0.05) is 18.2 Å². The lowest BCUT2D eigenvalue weighted by Gasteiger charge is -2.09. The molecule has 0 heterocycles. The lowest BCUT2D eigenvalue weighted by molar-refractivity contribution is 0.0697. The molecule has 0 amide bonds. The van der Waals surface area contributed by atoms with Gasteiger partial charge in [0.2, 0.25) is 0 Å². The molecule has 2 aromatic carbocycles. The first-order chi connectivity index (χ1) is 8.91. The van der Waals surface area contributed by atoms with Crippen molar-refractivity contribution in [3.63, 3.8) is 0 Å². The van der Waals surface area contributed by atoms with Gasteiger partial charge in [0.1, 0.15) is 5.82 Å². The summed E-state index contributed by atoms with van der Waals surface area (Å²) in [6.07, 6.45) is 0. The fourth-order valence-corrected chi connectivity index (χ4v) is 1.78. The van der Waals surface area contributed by atoms with Gasteiger partial charge in [0, 0.05) is 5.56 Å². The quantitative estimate of drug-likeness (QED) is 0.898. The van der Waals surface area contributed by atoms with Gasteiger partial charge in [-0.25, -0.2) is 18.0 Å². The lowest BCUT2D eigenvalue weighted by atomic mass is 9.98. The minimum absolute atomic E-state index is 0.0645. The fourth-order valence-electron chi connectivity index (χ4n) is 1.78. The molecule has 2 aromatic rings. The lowest BCUT2D eigenvalue weighted by Crippen LogP contribution is -2.02. The predicted octanol–water partition coefficient (Wildman–Crippen LogP) is 3.78. The number of carboxylic acid groups (broad SMARTS) is 1. The fraction of sp³-hybridized carbons (Fsp3) is 0.0714. The van der Waals surface area contributed by atoms with Crippen LogP contribution in [0.4, 0.5) is 13.2 Å². The highest BCUT2D eigenvalue weighted by Gasteiger charge is 2.18. The molecule has 0 bridgehead atoms. The van der Waals surface area contributed by atoms with E-state index in [4.69, 9.17) is 5.11 Å². The van der Waals surface area contributed by atoms with Crippen molar-refractivity contribution in [2.75, 3.05) is 0 Å². The summed E-state index contributed by atoms with van der Waals surface area (Å²) in [6, 6.07) is 5.50.